The molecule has 4 N–H and O–H groups in total. The minimum Gasteiger partial charge on any atom is -0.508 e. The highest BCUT2D eigenvalue weighted by Gasteiger charge is 2.44. The number of likely N-dealkylation sites (tertiary alicyclic amines) is 2. The van der Waals surface area contributed by atoms with Crippen LogP contribution < -0.4 is 15.4 Å². The summed E-state index contributed by atoms with van der Waals surface area (Å²) < 4.78 is 32.5. The van der Waals surface area contributed by atoms with Crippen molar-refractivity contribution in [1.29, 1.82) is 0 Å². The average Bonchev–Trinajstić information content (AvgIpc) is 3.85. The number of fused-ring (bicyclic) bond motifs is 1. The van der Waals surface area contributed by atoms with Gasteiger partial charge in [0.15, 0.2) is 5.75 Å². The number of nitrogens with one attached hydrogen (secondary N) is 2. The zero-order valence-electron chi connectivity index (χ0n) is 37.2. The highest BCUT2D eigenvalue weighted by Crippen LogP contribution is 2.47. The number of aromatic hydroxyl groups is 1. The van der Waals surface area contributed by atoms with Crippen molar-refractivity contribution in [3.8, 4) is 27.7 Å². The molecule has 0 bridgehead atoms. The lowest BCUT2D eigenvalue weighted by molar-refractivity contribution is -0.144. The summed E-state index contributed by atoms with van der Waals surface area (Å²) in [7, 11) is 0. The fraction of sp³-hybridized carbons (Fsp3) is 0.420. The summed E-state index contributed by atoms with van der Waals surface area (Å²) in [6, 6.07) is 24.7. The Morgan fingerprint density at radius 3 is 2.29 bits per heavy atom. The zero-order valence-corrected chi connectivity index (χ0v) is 38.8. The number of hydrogen-bond donors (Lipinski definition) is 4. The van der Waals surface area contributed by atoms with Crippen molar-refractivity contribution in [2.24, 2.45) is 5.41 Å². The first-order valence-electron chi connectivity index (χ1n) is 22.1. The smallest absolute Gasteiger partial charge is 0.246 e. The van der Waals surface area contributed by atoms with E-state index >= 15 is 0 Å². The van der Waals surface area contributed by atoms with Crippen LogP contribution in [0.15, 0.2) is 91.0 Å². The topological polar surface area (TPSA) is 150 Å². The molecule has 2 aliphatic rings. The fourth-order valence-corrected chi connectivity index (χ4v) is 9.71. The van der Waals surface area contributed by atoms with Crippen molar-refractivity contribution in [2.45, 2.75) is 77.1 Å². The number of piperidine rings is 1. The number of amides is 3. The normalized spacial score (nSPS) is 18.1. The number of halogens is 2. The summed E-state index contributed by atoms with van der Waals surface area (Å²) in [6.45, 7) is 10.8. The molecular formula is C50H58ClFN4O8S. The van der Waals surface area contributed by atoms with Crippen LogP contribution in [0, 0.1) is 11.2 Å². The van der Waals surface area contributed by atoms with E-state index in [1.165, 1.54) is 33.9 Å². The van der Waals surface area contributed by atoms with E-state index in [-0.39, 0.29) is 49.7 Å². The first kappa shape index (κ1) is 47.9. The molecule has 7 rings (SSSR count). The van der Waals surface area contributed by atoms with E-state index in [0.29, 0.717) is 35.7 Å². The number of thiophene rings is 1. The van der Waals surface area contributed by atoms with Crippen LogP contribution in [0.25, 0.3) is 20.5 Å². The maximum Gasteiger partial charge on any atom is 0.246 e. The molecule has 0 aliphatic carbocycles. The maximum absolute atomic E-state index is 13.9. The summed E-state index contributed by atoms with van der Waals surface area (Å²) in [4.78, 5) is 45.0. The number of phenolic OH excluding ortho intramolecular Hbond substituents is 1. The minimum atomic E-state index is -0.958. The quantitative estimate of drug-likeness (QED) is 0.0675. The van der Waals surface area contributed by atoms with Gasteiger partial charge in [-0.25, -0.2) is 4.39 Å². The van der Waals surface area contributed by atoms with E-state index in [0.717, 1.165) is 58.6 Å². The molecular weight excluding hydrogens is 871 g/mol. The third-order valence-electron chi connectivity index (χ3n) is 12.1. The molecule has 0 spiro atoms. The van der Waals surface area contributed by atoms with Crippen molar-refractivity contribution >= 4 is 50.7 Å². The van der Waals surface area contributed by atoms with Gasteiger partial charge in [0.05, 0.1) is 36.8 Å². The fourth-order valence-electron chi connectivity index (χ4n) is 8.42. The van der Waals surface area contributed by atoms with Gasteiger partial charge in [-0.2, -0.15) is 0 Å². The number of rotatable bonds is 17. The zero-order chi connectivity index (χ0) is 46.3. The van der Waals surface area contributed by atoms with Crippen LogP contribution in [-0.4, -0.2) is 109 Å². The molecule has 15 heteroatoms. The van der Waals surface area contributed by atoms with Gasteiger partial charge >= 0.3 is 0 Å². The molecule has 4 aromatic carbocycles. The number of aliphatic hydroxyl groups excluding tert-OH is 1. The Labute approximate surface area is 388 Å². The van der Waals surface area contributed by atoms with E-state index in [2.05, 4.69) is 27.7 Å². The molecule has 2 aliphatic heterocycles. The van der Waals surface area contributed by atoms with Crippen molar-refractivity contribution in [3.05, 3.63) is 113 Å². The van der Waals surface area contributed by atoms with Gasteiger partial charge in [0.1, 0.15) is 36.0 Å². The molecule has 2 fully saturated rings. The summed E-state index contributed by atoms with van der Waals surface area (Å²) in [5.74, 6) is 0.377. The lowest BCUT2D eigenvalue weighted by Gasteiger charge is -2.35. The SMILES string of the molecule is C[C@H](NC(=O)[C@@H]1C[C@@H](O)CN1C(=O)[C@@H](NC(=O)COCCOCCN1CCC(c2ccc(Oc3c(-c4ccc(F)cc4)sc4cc(O)ccc34)cc2)CC1)C(C)(C)C)c1ccc(Cl)cc1. The van der Waals surface area contributed by atoms with Gasteiger partial charge < -0.3 is 44.9 Å². The van der Waals surface area contributed by atoms with Crippen molar-refractivity contribution in [3.63, 3.8) is 0 Å². The van der Waals surface area contributed by atoms with Crippen LogP contribution in [0.3, 0.4) is 0 Å². The van der Waals surface area contributed by atoms with Gasteiger partial charge in [0.25, 0.3) is 0 Å². The van der Waals surface area contributed by atoms with Gasteiger partial charge in [-0.1, -0.05) is 68.8 Å². The number of nitrogens with zero attached hydrogens (tertiary/aromatic N) is 2. The van der Waals surface area contributed by atoms with Crippen molar-refractivity contribution < 1.29 is 43.2 Å². The average molecular weight is 930 g/mol. The number of phenols is 1. The number of ether oxygens (including phenoxy) is 3. The van der Waals surface area contributed by atoms with E-state index in [4.69, 9.17) is 25.8 Å². The van der Waals surface area contributed by atoms with Gasteiger partial charge in [-0.15, -0.1) is 11.3 Å². The number of carbonyl (C=O) groups excluding carboxylic acids is 3. The summed E-state index contributed by atoms with van der Waals surface area (Å²) in [5.41, 5.74) is 2.25. The Hall–Kier alpha value is -5.09. The van der Waals surface area contributed by atoms with E-state index in [9.17, 15) is 29.0 Å². The Kier molecular flexibility index (Phi) is 15.8. The molecule has 0 unspecified atom stereocenters. The molecule has 12 nitrogen and oxygen atoms in total. The number of aliphatic hydroxyl groups is 1. The van der Waals surface area contributed by atoms with E-state index in [1.807, 2.05) is 58.0 Å². The minimum absolute atomic E-state index is 0.0169. The highest BCUT2D eigenvalue weighted by atomic mass is 35.5. The number of benzene rings is 4. The highest BCUT2D eigenvalue weighted by molar-refractivity contribution is 7.22. The second-order valence-corrected chi connectivity index (χ2v) is 19.4. The van der Waals surface area contributed by atoms with Gasteiger partial charge in [0, 0.05) is 34.6 Å². The van der Waals surface area contributed by atoms with Crippen molar-refractivity contribution in [2.75, 3.05) is 52.6 Å². The van der Waals surface area contributed by atoms with Crippen LogP contribution in [-0.2, 0) is 23.9 Å². The van der Waals surface area contributed by atoms with Crippen LogP contribution in [0.2, 0.25) is 5.02 Å². The number of β-amino-alcohol motifs (C(OH)–C–C–N with tert-alkyl or cyclic N) is 1. The first-order valence-corrected chi connectivity index (χ1v) is 23.3. The van der Waals surface area contributed by atoms with Crippen LogP contribution >= 0.6 is 22.9 Å². The summed E-state index contributed by atoms with van der Waals surface area (Å²) in [6.07, 6.45) is 1.25. The molecule has 3 amide bonds. The molecule has 65 heavy (non-hydrogen) atoms. The Bertz CT molecular complexity index is 2400. The van der Waals surface area contributed by atoms with E-state index < -0.39 is 35.4 Å². The largest absolute Gasteiger partial charge is 0.508 e. The predicted molar refractivity (Wildman–Crippen MR) is 251 cm³/mol. The molecule has 4 atom stereocenters. The second-order valence-electron chi connectivity index (χ2n) is 17.9. The Morgan fingerprint density at radius 2 is 1.60 bits per heavy atom. The van der Waals surface area contributed by atoms with E-state index in [1.54, 1.807) is 36.4 Å². The molecule has 1 aromatic heterocycles. The molecule has 3 heterocycles. The monoisotopic (exact) mass is 928 g/mol. The number of hydrogen-bond acceptors (Lipinski definition) is 10. The Morgan fingerprint density at radius 1 is 0.908 bits per heavy atom. The maximum atomic E-state index is 13.9. The lowest BCUT2D eigenvalue weighted by Crippen LogP contribution is -2.58. The van der Waals surface area contributed by atoms with Crippen molar-refractivity contribution in [1.82, 2.24) is 20.4 Å². The molecule has 5 aromatic rings. The Balaban J connectivity index is 0.808. The first-order chi connectivity index (χ1) is 31.1. The second kappa shape index (κ2) is 21.5. The van der Waals surface area contributed by atoms with Crippen LogP contribution in [0.1, 0.15) is 70.0 Å². The van der Waals surface area contributed by atoms with Gasteiger partial charge in [-0.3, -0.25) is 14.4 Å². The molecule has 2 saturated heterocycles. The van der Waals surface area contributed by atoms with Crippen LogP contribution in [0.5, 0.6) is 17.2 Å². The molecule has 0 radical (unpaired) electrons. The summed E-state index contributed by atoms with van der Waals surface area (Å²) >= 11 is 7.51. The third kappa shape index (κ3) is 12.4. The van der Waals surface area contributed by atoms with Gasteiger partial charge in [-0.05, 0) is 115 Å². The standard InChI is InChI=1S/C50H58ClFN4O8S/c1-31(32-5-11-36(51)12-6-32)53-48(60)42-27-39(58)29-56(42)49(61)47(50(2,3)4)54-44(59)30-63-26-25-62-24-23-55-21-19-34(20-22-55)33-9-16-40(17-10-33)64-45-41-18-15-38(57)28-43(41)65-46(45)35-7-13-37(52)14-8-35/h5-18,28,31,34,39,42,47,57-58H,19-27,29-30H2,1-4H3,(H,53,60)(H,54,59)/t31-,39+,42-,47+/m0/s1. The lowest BCUT2D eigenvalue weighted by atomic mass is 9.85. The summed E-state index contributed by atoms with van der Waals surface area (Å²) in [5, 5.41) is 27.8. The van der Waals surface area contributed by atoms with Crippen LogP contribution in [0.4, 0.5) is 4.39 Å². The third-order valence-corrected chi connectivity index (χ3v) is 13.5. The molecule has 346 valence electrons. The predicted octanol–water partition coefficient (Wildman–Crippen LogP) is 8.44. The van der Waals surface area contributed by atoms with Gasteiger partial charge in [0.2, 0.25) is 17.7 Å². The number of carbonyl (C=O) groups is 3. The molecule has 0 saturated carbocycles.